The molecule has 1 aromatic carbocycles. The molecule has 1 saturated carbocycles. The summed E-state index contributed by atoms with van der Waals surface area (Å²) in [7, 11) is -1.18. The van der Waals surface area contributed by atoms with Crippen molar-refractivity contribution in [3.8, 4) is 0 Å². The topological polar surface area (TPSA) is 73.4 Å². The van der Waals surface area contributed by atoms with E-state index in [1.54, 1.807) is 0 Å². The van der Waals surface area contributed by atoms with E-state index in [1.807, 2.05) is 22.8 Å². The zero-order chi connectivity index (χ0) is 20.5. The van der Waals surface area contributed by atoms with E-state index in [-0.39, 0.29) is 6.04 Å². The van der Waals surface area contributed by atoms with Gasteiger partial charge in [-0.3, -0.25) is 4.31 Å². The molecule has 1 saturated heterocycles. The Morgan fingerprint density at radius 2 is 1.87 bits per heavy atom. The number of benzene rings is 1. The normalized spacial score (nSPS) is 22.0. The Labute approximate surface area is 180 Å². The zero-order valence-corrected chi connectivity index (χ0v) is 18.1. The highest BCUT2D eigenvalue weighted by atomic mass is 32.2. The molecule has 5 rings (SSSR count). The minimum atomic E-state index is -1.18. The van der Waals surface area contributed by atoms with Crippen molar-refractivity contribution in [3.63, 3.8) is 0 Å². The molecule has 8 heteroatoms. The number of nitrogens with one attached hydrogen (secondary N) is 2. The van der Waals surface area contributed by atoms with Crippen LogP contribution >= 0.6 is 0 Å². The van der Waals surface area contributed by atoms with Gasteiger partial charge in [-0.25, -0.2) is 9.19 Å². The third kappa shape index (κ3) is 3.81. The van der Waals surface area contributed by atoms with Gasteiger partial charge in [0.25, 0.3) is 0 Å². The molecule has 1 atom stereocenters. The number of rotatable bonds is 4. The Balaban J connectivity index is 1.38. The van der Waals surface area contributed by atoms with Crippen molar-refractivity contribution >= 4 is 39.7 Å². The molecule has 3 aliphatic rings. The van der Waals surface area contributed by atoms with E-state index in [2.05, 4.69) is 44.8 Å². The predicted molar refractivity (Wildman–Crippen MR) is 123 cm³/mol. The molecule has 2 fully saturated rings. The van der Waals surface area contributed by atoms with Gasteiger partial charge in [-0.15, -0.1) is 0 Å². The summed E-state index contributed by atoms with van der Waals surface area (Å²) in [6.07, 6.45) is 6.36. The number of fused-ring (bicyclic) bond motifs is 1. The molecule has 0 amide bonds. The van der Waals surface area contributed by atoms with Crippen LogP contribution in [0.1, 0.15) is 38.2 Å². The summed E-state index contributed by atoms with van der Waals surface area (Å²) in [5.74, 6) is 1.33. The molecule has 0 spiro atoms. The number of aromatic nitrogens is 2. The van der Waals surface area contributed by atoms with E-state index in [1.165, 1.54) is 18.5 Å². The second-order valence-corrected chi connectivity index (χ2v) is 9.36. The number of nitrogens with zero attached hydrogens (tertiary/aromatic N) is 4. The summed E-state index contributed by atoms with van der Waals surface area (Å²) in [5.41, 5.74) is 4.13. The monoisotopic (exact) mass is 424 g/mol. The quantitative estimate of drug-likeness (QED) is 0.784. The molecule has 30 heavy (non-hydrogen) atoms. The molecule has 1 aromatic heterocycles. The fourth-order valence-electron chi connectivity index (χ4n) is 4.50. The van der Waals surface area contributed by atoms with Gasteiger partial charge in [0, 0.05) is 60.8 Å². The van der Waals surface area contributed by atoms with Gasteiger partial charge in [0.2, 0.25) is 5.95 Å². The molecule has 2 N–H and O–H groups in total. The number of hydrogen-bond donors (Lipinski definition) is 2. The first kappa shape index (κ1) is 19.5. The van der Waals surface area contributed by atoms with Crippen molar-refractivity contribution in [2.75, 3.05) is 40.7 Å². The van der Waals surface area contributed by atoms with Crippen molar-refractivity contribution in [1.29, 1.82) is 0 Å². The van der Waals surface area contributed by atoms with Crippen molar-refractivity contribution in [2.24, 2.45) is 0 Å². The van der Waals surface area contributed by atoms with Crippen molar-refractivity contribution in [1.82, 2.24) is 15.3 Å². The van der Waals surface area contributed by atoms with Gasteiger partial charge in [0.05, 0.1) is 0 Å². The zero-order valence-electron chi connectivity index (χ0n) is 17.3. The van der Waals surface area contributed by atoms with Gasteiger partial charge in [-0.1, -0.05) is 12.8 Å². The highest BCUT2D eigenvalue weighted by Gasteiger charge is 2.32. The van der Waals surface area contributed by atoms with E-state index in [0.29, 0.717) is 5.95 Å². The van der Waals surface area contributed by atoms with Gasteiger partial charge in [-0.2, -0.15) is 4.98 Å². The molecular formula is C22H28N6OS. The summed E-state index contributed by atoms with van der Waals surface area (Å²) in [5, 5.41) is 8.54. The molecule has 1 unspecified atom stereocenters. The number of piperazine rings is 1. The molecule has 0 radical (unpaired) electrons. The van der Waals surface area contributed by atoms with Crippen LogP contribution in [0.15, 0.2) is 35.9 Å². The fourth-order valence-corrected chi connectivity index (χ4v) is 5.86. The van der Waals surface area contributed by atoms with Crippen LogP contribution in [0, 0.1) is 0 Å². The Morgan fingerprint density at radius 1 is 1.13 bits per heavy atom. The van der Waals surface area contributed by atoms with Crippen molar-refractivity contribution in [2.45, 2.75) is 38.6 Å². The maximum Gasteiger partial charge on any atom is 0.229 e. The highest BCUT2D eigenvalue weighted by molar-refractivity contribution is 7.89. The third-order valence-corrected chi connectivity index (χ3v) is 7.55. The molecular weight excluding hydrogens is 396 g/mol. The standard InChI is InChI=1S/C22H28N6OS/c1-16-15-30(29)28(19-4-2-3-5-19)21-20(16)14-24-22(26-21)25-17-6-8-18(9-7-17)27-12-10-23-11-13-27/h6-9,14-15,19,23H,2-5,10-13H2,1H3,(H,24,25,26). The summed E-state index contributed by atoms with van der Waals surface area (Å²) >= 11 is 0. The van der Waals surface area contributed by atoms with Crippen LogP contribution in [0.4, 0.5) is 23.1 Å². The van der Waals surface area contributed by atoms with Crippen LogP contribution in [-0.4, -0.2) is 46.4 Å². The van der Waals surface area contributed by atoms with Crippen LogP contribution in [0.5, 0.6) is 0 Å². The minimum Gasteiger partial charge on any atom is -0.369 e. The summed E-state index contributed by atoms with van der Waals surface area (Å²) in [4.78, 5) is 11.7. The third-order valence-electron chi connectivity index (χ3n) is 6.14. The van der Waals surface area contributed by atoms with E-state index in [4.69, 9.17) is 4.98 Å². The van der Waals surface area contributed by atoms with E-state index >= 15 is 0 Å². The van der Waals surface area contributed by atoms with E-state index < -0.39 is 11.0 Å². The maximum atomic E-state index is 12.9. The Morgan fingerprint density at radius 3 is 2.60 bits per heavy atom. The van der Waals surface area contributed by atoms with E-state index in [9.17, 15) is 4.21 Å². The maximum absolute atomic E-state index is 12.9. The first-order valence-corrected chi connectivity index (χ1v) is 11.9. The largest absolute Gasteiger partial charge is 0.369 e. The fraction of sp³-hybridized carbons (Fsp3) is 0.455. The van der Waals surface area contributed by atoms with Crippen LogP contribution in [0.3, 0.4) is 0 Å². The number of anilines is 4. The summed E-state index contributed by atoms with van der Waals surface area (Å²) in [6, 6.07) is 8.70. The van der Waals surface area contributed by atoms with Crippen LogP contribution < -0.4 is 19.8 Å². The molecule has 3 heterocycles. The van der Waals surface area contributed by atoms with Gasteiger partial charge in [0.15, 0.2) is 5.82 Å². The first-order chi connectivity index (χ1) is 14.7. The second-order valence-electron chi connectivity index (χ2n) is 8.18. The van der Waals surface area contributed by atoms with Crippen LogP contribution in [0.25, 0.3) is 5.57 Å². The lowest BCUT2D eigenvalue weighted by atomic mass is 10.1. The summed E-state index contributed by atoms with van der Waals surface area (Å²) in [6.45, 7) is 6.09. The molecule has 158 valence electrons. The second kappa shape index (κ2) is 8.35. The van der Waals surface area contributed by atoms with Gasteiger partial charge >= 0.3 is 0 Å². The average Bonchev–Trinajstić information content (AvgIpc) is 3.29. The molecule has 1 aliphatic carbocycles. The predicted octanol–water partition coefficient (Wildman–Crippen LogP) is 3.42. The van der Waals surface area contributed by atoms with Crippen LogP contribution in [0.2, 0.25) is 0 Å². The molecule has 2 aromatic rings. The SMILES string of the molecule is CC1=CS(=O)N(C2CCCC2)c2nc(Nc3ccc(N4CCNCC4)cc3)ncc21. The number of allylic oxidation sites excluding steroid dienone is 1. The number of hydrogen-bond acceptors (Lipinski definition) is 6. The van der Waals surface area contributed by atoms with Gasteiger partial charge < -0.3 is 15.5 Å². The van der Waals surface area contributed by atoms with Crippen molar-refractivity contribution in [3.05, 3.63) is 41.4 Å². The van der Waals surface area contributed by atoms with Gasteiger partial charge in [0.1, 0.15) is 11.0 Å². The Hall–Kier alpha value is -2.45. The lowest BCUT2D eigenvalue weighted by Crippen LogP contribution is -2.43. The first-order valence-electron chi connectivity index (χ1n) is 10.8. The Bertz CT molecular complexity index is 964. The molecule has 7 nitrogen and oxygen atoms in total. The highest BCUT2D eigenvalue weighted by Crippen LogP contribution is 2.37. The molecule has 2 aliphatic heterocycles. The van der Waals surface area contributed by atoms with Gasteiger partial charge in [-0.05, 0) is 49.6 Å². The molecule has 0 bridgehead atoms. The minimum absolute atomic E-state index is 0.287. The van der Waals surface area contributed by atoms with E-state index in [0.717, 1.165) is 61.7 Å². The lowest BCUT2D eigenvalue weighted by Gasteiger charge is -2.32. The summed E-state index contributed by atoms with van der Waals surface area (Å²) < 4.78 is 14.9. The average molecular weight is 425 g/mol. The van der Waals surface area contributed by atoms with Crippen molar-refractivity contribution < 1.29 is 4.21 Å². The smallest absolute Gasteiger partial charge is 0.229 e. The Kier molecular flexibility index (Phi) is 5.43. The van der Waals surface area contributed by atoms with Crippen LogP contribution in [-0.2, 0) is 11.0 Å². The lowest BCUT2D eigenvalue weighted by molar-refractivity contribution is 0.589.